The maximum atomic E-state index is 12.5. The molecule has 0 aliphatic carbocycles. The zero-order valence-corrected chi connectivity index (χ0v) is 19.2. The topological polar surface area (TPSA) is 66.7 Å². The number of halogens is 2. The molecular formula is C20H19I2N3O3. The predicted octanol–water partition coefficient (Wildman–Crippen LogP) is -4.06. The Kier molecular flexibility index (Phi) is 10.8. The first-order valence-electron chi connectivity index (χ1n) is 8.10. The molecule has 8 heteroatoms. The van der Waals surface area contributed by atoms with Gasteiger partial charge in [-0.15, -0.1) is 0 Å². The van der Waals surface area contributed by atoms with E-state index >= 15 is 0 Å². The molecule has 0 fully saturated rings. The van der Waals surface area contributed by atoms with Crippen molar-refractivity contribution in [3.8, 4) is 0 Å². The van der Waals surface area contributed by atoms with Gasteiger partial charge >= 0.3 is 0 Å². The zero-order chi connectivity index (χ0) is 18.2. The van der Waals surface area contributed by atoms with Crippen molar-refractivity contribution in [1.82, 2.24) is 0 Å². The van der Waals surface area contributed by atoms with Gasteiger partial charge in [-0.25, -0.2) is 0 Å². The van der Waals surface area contributed by atoms with E-state index in [0.717, 1.165) is 0 Å². The molecule has 0 aliphatic rings. The number of hydrogen-bond donors (Lipinski definition) is 1. The lowest BCUT2D eigenvalue weighted by atomic mass is 10.1. The second kappa shape index (κ2) is 12.5. The molecule has 3 rings (SSSR count). The van der Waals surface area contributed by atoms with E-state index in [1.807, 2.05) is 54.9 Å². The Hall–Kier alpha value is -1.92. The van der Waals surface area contributed by atoms with Gasteiger partial charge in [0.25, 0.3) is 13.5 Å². The Balaban J connectivity index is 0.00000196. The Bertz CT molecular complexity index is 921. The number of ether oxygens (including phenoxy) is 1. The summed E-state index contributed by atoms with van der Waals surface area (Å²) < 4.78 is 9.31. The van der Waals surface area contributed by atoms with Crippen molar-refractivity contribution in [3.63, 3.8) is 0 Å². The fraction of sp³-hybridized carbons (Fsp3) is 0.100. The van der Waals surface area contributed by atoms with Gasteiger partial charge in [0, 0.05) is 23.8 Å². The van der Waals surface area contributed by atoms with Crippen molar-refractivity contribution in [2.75, 3.05) is 0 Å². The number of oxime groups is 1. The molecule has 0 saturated heterocycles. The van der Waals surface area contributed by atoms with E-state index in [0.29, 0.717) is 16.8 Å². The Labute approximate surface area is 197 Å². The lowest BCUT2D eigenvalue weighted by Gasteiger charge is -2.02. The molecule has 2 aromatic heterocycles. The lowest BCUT2D eigenvalue weighted by Crippen LogP contribution is -3.00. The van der Waals surface area contributed by atoms with Gasteiger partial charge in [-0.3, -0.25) is 9.53 Å². The maximum Gasteiger partial charge on any atom is 0.258 e. The van der Waals surface area contributed by atoms with Gasteiger partial charge in [0.2, 0.25) is 5.69 Å². The highest BCUT2D eigenvalue weighted by atomic mass is 127. The van der Waals surface area contributed by atoms with E-state index in [1.54, 1.807) is 33.5 Å². The van der Waals surface area contributed by atoms with Crippen LogP contribution >= 0.6 is 0 Å². The number of rotatable bonds is 7. The number of benzene rings is 1. The summed E-state index contributed by atoms with van der Waals surface area (Å²) in [5.41, 5.74) is 1.97. The molecule has 0 radical (unpaired) electrons. The Morgan fingerprint density at radius 2 is 1.64 bits per heavy atom. The van der Waals surface area contributed by atoms with Crippen molar-refractivity contribution in [2.45, 2.75) is 13.5 Å². The summed E-state index contributed by atoms with van der Waals surface area (Å²) in [5, 5.41) is 11.8. The first-order valence-corrected chi connectivity index (χ1v) is 8.10. The van der Waals surface area contributed by atoms with Crippen LogP contribution in [0.3, 0.4) is 0 Å². The summed E-state index contributed by atoms with van der Waals surface area (Å²) in [5.74, 6) is -0.0289. The highest BCUT2D eigenvalue weighted by Crippen LogP contribution is 2.07. The summed E-state index contributed by atoms with van der Waals surface area (Å²) >= 11 is 0. The zero-order valence-electron chi connectivity index (χ0n) is 14.9. The molecule has 0 saturated carbocycles. The monoisotopic (exact) mass is 603 g/mol. The van der Waals surface area contributed by atoms with Gasteiger partial charge in [-0.05, 0) is 12.1 Å². The molecule has 0 unspecified atom stereocenters. The number of hydrogen-bond acceptors (Lipinski definition) is 4. The second-order valence-corrected chi connectivity index (χ2v) is 5.60. The number of nitrogens with zero attached hydrogens (tertiary/aromatic N) is 3. The number of aromatic nitrogens is 2. The van der Waals surface area contributed by atoms with Gasteiger partial charge in [-0.2, -0.15) is 9.13 Å². The third-order valence-corrected chi connectivity index (χ3v) is 3.79. The molecule has 0 amide bonds. The van der Waals surface area contributed by atoms with Crippen molar-refractivity contribution >= 4 is 12.0 Å². The molecule has 6 nitrogen and oxygen atoms in total. The van der Waals surface area contributed by atoms with Gasteiger partial charge in [0.1, 0.15) is 6.21 Å². The summed E-state index contributed by atoms with van der Waals surface area (Å²) in [6, 6.07) is 18.3. The minimum atomic E-state index is -0.0289. The van der Waals surface area contributed by atoms with Crippen molar-refractivity contribution in [2.24, 2.45) is 5.16 Å². The Morgan fingerprint density at radius 3 is 2.39 bits per heavy atom. The third kappa shape index (κ3) is 6.60. The van der Waals surface area contributed by atoms with E-state index in [9.17, 15) is 4.79 Å². The van der Waals surface area contributed by atoms with Crippen LogP contribution in [0.4, 0.5) is 0 Å². The SMILES string of the molecule is O=C(c1ccccc1)c1ccc[n+](COC[n+]2ccccc2C=NO)c1.[I-].[I-]. The van der Waals surface area contributed by atoms with Gasteiger partial charge < -0.3 is 53.2 Å². The molecule has 0 bridgehead atoms. The van der Waals surface area contributed by atoms with E-state index in [2.05, 4.69) is 5.16 Å². The summed E-state index contributed by atoms with van der Waals surface area (Å²) in [7, 11) is 0. The van der Waals surface area contributed by atoms with Crippen molar-refractivity contribution in [3.05, 3.63) is 96.1 Å². The number of ketones is 1. The van der Waals surface area contributed by atoms with Crippen molar-refractivity contribution in [1.29, 1.82) is 0 Å². The average molecular weight is 603 g/mol. The standard InChI is InChI=1S/C20H18N3O3.2HI/c24-20(17-7-2-1-3-8-17)18-9-6-11-22(14-18)15-26-16-23-12-5-4-10-19(23)13-21-25;;/h1-14H,15-16H2;2*1H/q+1;;/p-1. The van der Waals surface area contributed by atoms with Gasteiger partial charge in [0.05, 0.1) is 5.56 Å². The molecule has 28 heavy (non-hydrogen) atoms. The molecule has 3 aromatic rings. The van der Waals surface area contributed by atoms with Gasteiger partial charge in [0.15, 0.2) is 24.4 Å². The number of carbonyl (C=O) groups excluding carboxylic acids is 1. The molecule has 1 N–H and O–H groups in total. The van der Waals surface area contributed by atoms with Crippen LogP contribution in [0, 0.1) is 0 Å². The molecule has 2 heterocycles. The summed E-state index contributed by atoms with van der Waals surface area (Å²) in [4.78, 5) is 12.5. The highest BCUT2D eigenvalue weighted by molar-refractivity contribution is 6.08. The fourth-order valence-electron chi connectivity index (χ4n) is 2.52. The highest BCUT2D eigenvalue weighted by Gasteiger charge is 2.14. The quantitative estimate of drug-likeness (QED) is 0.0748. The predicted molar refractivity (Wildman–Crippen MR) is 93.6 cm³/mol. The average Bonchev–Trinajstić information content (AvgIpc) is 2.70. The van der Waals surface area contributed by atoms with Crippen LogP contribution in [-0.4, -0.2) is 17.2 Å². The third-order valence-electron chi connectivity index (χ3n) is 3.79. The molecular weight excluding hydrogens is 584 g/mol. The first kappa shape index (κ1) is 24.1. The normalized spacial score (nSPS) is 10.1. The van der Waals surface area contributed by atoms with Crippen LogP contribution in [0.5, 0.6) is 0 Å². The van der Waals surface area contributed by atoms with E-state index in [4.69, 9.17) is 9.94 Å². The van der Waals surface area contributed by atoms with Crippen LogP contribution in [0.2, 0.25) is 0 Å². The second-order valence-electron chi connectivity index (χ2n) is 5.60. The number of pyridine rings is 2. The van der Waals surface area contributed by atoms with E-state index in [-0.39, 0.29) is 67.2 Å². The van der Waals surface area contributed by atoms with Crippen LogP contribution < -0.4 is 57.1 Å². The first-order chi connectivity index (χ1) is 12.8. The molecule has 0 atom stereocenters. The summed E-state index contributed by atoms with van der Waals surface area (Å²) in [6.45, 7) is 0.569. The van der Waals surface area contributed by atoms with Crippen LogP contribution in [-0.2, 0) is 18.2 Å². The van der Waals surface area contributed by atoms with Crippen LogP contribution in [0.1, 0.15) is 21.6 Å². The lowest BCUT2D eigenvalue weighted by molar-refractivity contribution is -0.788. The van der Waals surface area contributed by atoms with E-state index < -0.39 is 0 Å². The smallest absolute Gasteiger partial charge is 0.258 e. The Morgan fingerprint density at radius 1 is 0.929 bits per heavy atom. The maximum absolute atomic E-state index is 12.5. The van der Waals surface area contributed by atoms with Crippen LogP contribution in [0.25, 0.3) is 0 Å². The molecule has 0 aliphatic heterocycles. The minimum Gasteiger partial charge on any atom is -1.00 e. The molecule has 0 spiro atoms. The fourth-order valence-corrected chi connectivity index (χ4v) is 2.52. The van der Waals surface area contributed by atoms with Crippen LogP contribution in [0.15, 0.2) is 84.4 Å². The largest absolute Gasteiger partial charge is 1.00 e. The summed E-state index contributed by atoms with van der Waals surface area (Å²) in [6.07, 6.45) is 6.78. The minimum absolute atomic E-state index is 0. The van der Waals surface area contributed by atoms with E-state index in [1.165, 1.54) is 6.21 Å². The molecule has 146 valence electrons. The van der Waals surface area contributed by atoms with Crippen molar-refractivity contribution < 1.29 is 71.8 Å². The number of carbonyl (C=O) groups is 1. The molecule has 1 aromatic carbocycles. The van der Waals surface area contributed by atoms with Gasteiger partial charge in [-0.1, -0.05) is 35.5 Å².